The third-order valence-electron chi connectivity index (χ3n) is 1.34. The quantitative estimate of drug-likeness (QED) is 0.838. The van der Waals surface area contributed by atoms with E-state index in [-0.39, 0.29) is 0 Å². The van der Waals surface area contributed by atoms with Crippen LogP contribution in [0.4, 0.5) is 5.69 Å². The van der Waals surface area contributed by atoms with E-state index in [1.807, 2.05) is 6.07 Å². The summed E-state index contributed by atoms with van der Waals surface area (Å²) in [5.41, 5.74) is 1.11. The van der Waals surface area contributed by atoms with Crippen LogP contribution in [-0.2, 0) is 0 Å². The molecule has 0 aliphatic rings. The zero-order valence-corrected chi connectivity index (χ0v) is 8.06. The summed E-state index contributed by atoms with van der Waals surface area (Å²) in [5.74, 6) is 0. The average molecular weight is 215 g/mol. The van der Waals surface area contributed by atoms with E-state index >= 15 is 0 Å². The summed E-state index contributed by atoms with van der Waals surface area (Å²) < 4.78 is 1.02. The smallest absolute Gasteiger partial charge is 0.0590 e. The lowest BCUT2D eigenvalue weighted by Gasteiger charge is -2.04. The summed E-state index contributed by atoms with van der Waals surface area (Å²) in [6.45, 7) is 3.14. The van der Waals surface area contributed by atoms with E-state index in [0.717, 1.165) is 23.1 Å². The minimum absolute atomic E-state index is 1.00. The van der Waals surface area contributed by atoms with Crippen LogP contribution in [0, 0.1) is 0 Å². The van der Waals surface area contributed by atoms with Gasteiger partial charge < -0.3 is 5.32 Å². The number of nitrogens with zero attached hydrogens (tertiary/aromatic N) is 1. The molecular weight excluding hydrogens is 204 g/mol. The van der Waals surface area contributed by atoms with Crippen molar-refractivity contribution in [2.75, 3.05) is 11.9 Å². The fourth-order valence-electron chi connectivity index (χ4n) is 0.778. The fourth-order valence-corrected chi connectivity index (χ4v) is 1.17. The predicted octanol–water partition coefficient (Wildman–Crippen LogP) is 2.67. The molecular formula is C8H11BrN2. The average Bonchev–Trinajstić information content (AvgIpc) is 2.03. The first-order valence-corrected chi connectivity index (χ1v) is 4.47. The van der Waals surface area contributed by atoms with Crippen LogP contribution >= 0.6 is 15.9 Å². The van der Waals surface area contributed by atoms with Gasteiger partial charge in [-0.15, -0.1) is 0 Å². The van der Waals surface area contributed by atoms with Crippen LogP contribution in [0.1, 0.15) is 13.3 Å². The van der Waals surface area contributed by atoms with Crippen molar-refractivity contribution in [3.63, 3.8) is 0 Å². The highest BCUT2D eigenvalue weighted by Crippen LogP contribution is 2.19. The molecule has 0 bridgehead atoms. The van der Waals surface area contributed by atoms with Gasteiger partial charge in [-0.1, -0.05) is 6.92 Å². The molecule has 0 saturated heterocycles. The topological polar surface area (TPSA) is 24.9 Å². The number of nitrogens with one attached hydrogen (secondary N) is 1. The largest absolute Gasteiger partial charge is 0.384 e. The van der Waals surface area contributed by atoms with Crippen molar-refractivity contribution < 1.29 is 0 Å². The number of pyridine rings is 1. The van der Waals surface area contributed by atoms with Crippen LogP contribution < -0.4 is 5.32 Å². The molecule has 0 aromatic carbocycles. The van der Waals surface area contributed by atoms with Gasteiger partial charge in [0, 0.05) is 18.9 Å². The molecule has 0 fully saturated rings. The molecule has 0 unspecified atom stereocenters. The Morgan fingerprint density at radius 1 is 1.64 bits per heavy atom. The summed E-state index contributed by atoms with van der Waals surface area (Å²) in [7, 11) is 0. The predicted molar refractivity (Wildman–Crippen MR) is 50.7 cm³/mol. The number of aromatic nitrogens is 1. The lowest BCUT2D eigenvalue weighted by Crippen LogP contribution is -1.99. The number of rotatable bonds is 3. The summed E-state index contributed by atoms with van der Waals surface area (Å²) in [6.07, 6.45) is 4.70. The van der Waals surface area contributed by atoms with Crippen LogP contribution in [0.15, 0.2) is 22.9 Å². The van der Waals surface area contributed by atoms with Crippen LogP contribution in [0.3, 0.4) is 0 Å². The first kappa shape index (κ1) is 8.53. The molecule has 0 aliphatic carbocycles. The van der Waals surface area contributed by atoms with Gasteiger partial charge in [-0.25, -0.2) is 0 Å². The molecule has 1 rings (SSSR count). The van der Waals surface area contributed by atoms with Gasteiger partial charge in [0.05, 0.1) is 10.2 Å². The Bertz CT molecular complexity index is 225. The van der Waals surface area contributed by atoms with Gasteiger partial charge in [0.25, 0.3) is 0 Å². The van der Waals surface area contributed by atoms with Crippen LogP contribution in [-0.4, -0.2) is 11.5 Å². The Morgan fingerprint density at radius 3 is 3.09 bits per heavy atom. The van der Waals surface area contributed by atoms with Gasteiger partial charge in [0.2, 0.25) is 0 Å². The van der Waals surface area contributed by atoms with Gasteiger partial charge >= 0.3 is 0 Å². The molecule has 0 atom stereocenters. The van der Waals surface area contributed by atoms with Crippen molar-refractivity contribution in [1.29, 1.82) is 0 Å². The summed E-state index contributed by atoms with van der Waals surface area (Å²) >= 11 is 3.40. The van der Waals surface area contributed by atoms with Crippen molar-refractivity contribution in [1.82, 2.24) is 4.98 Å². The van der Waals surface area contributed by atoms with Gasteiger partial charge in [0.15, 0.2) is 0 Å². The highest BCUT2D eigenvalue weighted by atomic mass is 79.9. The molecule has 3 heteroatoms. The van der Waals surface area contributed by atoms with Crippen LogP contribution in [0.5, 0.6) is 0 Å². The van der Waals surface area contributed by atoms with Gasteiger partial charge in [-0.05, 0) is 28.4 Å². The number of anilines is 1. The molecule has 1 heterocycles. The molecule has 11 heavy (non-hydrogen) atoms. The number of hydrogen-bond acceptors (Lipinski definition) is 2. The Labute approximate surface area is 75.2 Å². The molecule has 1 aromatic rings. The lowest BCUT2D eigenvalue weighted by atomic mass is 10.4. The highest BCUT2D eigenvalue weighted by molar-refractivity contribution is 9.10. The second kappa shape index (κ2) is 4.34. The Morgan fingerprint density at radius 2 is 2.45 bits per heavy atom. The van der Waals surface area contributed by atoms with E-state index in [9.17, 15) is 0 Å². The van der Waals surface area contributed by atoms with Gasteiger partial charge in [-0.2, -0.15) is 0 Å². The summed E-state index contributed by atoms with van der Waals surface area (Å²) in [6, 6.07) is 1.96. The Balaban J connectivity index is 2.62. The van der Waals surface area contributed by atoms with Crippen molar-refractivity contribution >= 4 is 21.6 Å². The second-order valence-corrected chi connectivity index (χ2v) is 3.14. The Hall–Kier alpha value is -0.570. The first-order chi connectivity index (χ1) is 5.34. The summed E-state index contributed by atoms with van der Waals surface area (Å²) in [4.78, 5) is 3.97. The van der Waals surface area contributed by atoms with Gasteiger partial charge in [0.1, 0.15) is 0 Å². The van der Waals surface area contributed by atoms with Crippen molar-refractivity contribution in [2.45, 2.75) is 13.3 Å². The van der Waals surface area contributed by atoms with Crippen LogP contribution in [0.2, 0.25) is 0 Å². The fraction of sp³-hybridized carbons (Fsp3) is 0.375. The molecule has 60 valence electrons. The molecule has 0 aliphatic heterocycles. The van der Waals surface area contributed by atoms with E-state index in [1.54, 1.807) is 12.4 Å². The van der Waals surface area contributed by atoms with E-state index in [4.69, 9.17) is 0 Å². The molecule has 0 radical (unpaired) electrons. The Kier molecular flexibility index (Phi) is 3.36. The van der Waals surface area contributed by atoms with E-state index in [2.05, 4.69) is 33.2 Å². The molecule has 1 N–H and O–H groups in total. The van der Waals surface area contributed by atoms with Crippen molar-refractivity contribution in [3.05, 3.63) is 22.9 Å². The minimum atomic E-state index is 1.00. The lowest BCUT2D eigenvalue weighted by molar-refractivity contribution is 0.977. The maximum Gasteiger partial charge on any atom is 0.0590 e. The molecule has 0 spiro atoms. The molecule has 1 aromatic heterocycles. The SMILES string of the molecule is CCCNc1ccncc1Br. The van der Waals surface area contributed by atoms with E-state index < -0.39 is 0 Å². The van der Waals surface area contributed by atoms with E-state index in [1.165, 1.54) is 0 Å². The number of halogens is 1. The maximum absolute atomic E-state index is 3.97. The van der Waals surface area contributed by atoms with Crippen LogP contribution in [0.25, 0.3) is 0 Å². The molecule has 0 saturated carbocycles. The highest BCUT2D eigenvalue weighted by Gasteiger charge is 1.94. The van der Waals surface area contributed by atoms with Crippen molar-refractivity contribution in [2.24, 2.45) is 0 Å². The minimum Gasteiger partial charge on any atom is -0.384 e. The molecule has 2 nitrogen and oxygen atoms in total. The van der Waals surface area contributed by atoms with Crippen molar-refractivity contribution in [3.8, 4) is 0 Å². The summed E-state index contributed by atoms with van der Waals surface area (Å²) in [5, 5.41) is 3.28. The number of hydrogen-bond donors (Lipinski definition) is 1. The third kappa shape index (κ3) is 2.50. The monoisotopic (exact) mass is 214 g/mol. The maximum atomic E-state index is 3.97. The zero-order valence-electron chi connectivity index (χ0n) is 6.47. The third-order valence-corrected chi connectivity index (χ3v) is 1.97. The first-order valence-electron chi connectivity index (χ1n) is 3.68. The van der Waals surface area contributed by atoms with E-state index in [0.29, 0.717) is 0 Å². The normalized spacial score (nSPS) is 9.64. The standard InChI is InChI=1S/C8H11BrN2/c1-2-4-11-8-3-5-10-6-7(8)9/h3,5-6H,2,4H2,1H3,(H,10,11). The zero-order chi connectivity index (χ0) is 8.10. The molecule has 0 amide bonds. The van der Waals surface area contributed by atoms with Gasteiger partial charge in [-0.3, -0.25) is 4.98 Å². The second-order valence-electron chi connectivity index (χ2n) is 2.28.